The second-order valence-electron chi connectivity index (χ2n) is 3.58. The second kappa shape index (κ2) is 2.47. The van der Waals surface area contributed by atoms with Gasteiger partial charge in [-0.3, -0.25) is 4.79 Å². The fraction of sp³-hybridized carbons (Fsp3) is 0.750. The Kier molecular flexibility index (Phi) is 1.56. The number of ketones is 1. The van der Waals surface area contributed by atoms with Crippen LogP contribution in [0.3, 0.4) is 0 Å². The number of nitrogens with two attached hydrogens (primary N) is 1. The Morgan fingerprint density at radius 1 is 1.33 bits per heavy atom. The van der Waals surface area contributed by atoms with Crippen LogP contribution in [0.15, 0.2) is 0 Å². The van der Waals surface area contributed by atoms with E-state index < -0.39 is 0 Å². The monoisotopic (exact) mass is 168 g/mol. The van der Waals surface area contributed by atoms with E-state index in [2.05, 4.69) is 0 Å². The van der Waals surface area contributed by atoms with Crippen LogP contribution in [0.2, 0.25) is 0 Å². The van der Waals surface area contributed by atoms with Crippen molar-refractivity contribution in [2.45, 2.75) is 37.8 Å². The van der Waals surface area contributed by atoms with Crippen LogP contribution < -0.4 is 5.73 Å². The van der Waals surface area contributed by atoms with Gasteiger partial charge in [-0.2, -0.15) is 0 Å². The number of Topliss-reactive ketones (excluding diaryl/α,β-unsaturated/α-hetero) is 1. The van der Waals surface area contributed by atoms with Crippen LogP contribution in [0.25, 0.3) is 0 Å². The quantitative estimate of drug-likeness (QED) is 0.564. The van der Waals surface area contributed by atoms with Gasteiger partial charge in [0.15, 0.2) is 0 Å². The maximum atomic E-state index is 11.1. The molecule has 2 amide bonds. The van der Waals surface area contributed by atoms with Crippen molar-refractivity contribution in [3.63, 3.8) is 0 Å². The van der Waals surface area contributed by atoms with E-state index in [1.54, 1.807) is 4.90 Å². The van der Waals surface area contributed by atoms with Gasteiger partial charge in [0.05, 0.1) is 0 Å². The molecule has 0 aromatic heterocycles. The molecule has 2 atom stereocenters. The molecule has 4 heteroatoms. The molecule has 0 aromatic carbocycles. The number of primary amides is 1. The van der Waals surface area contributed by atoms with E-state index in [4.69, 9.17) is 5.73 Å². The van der Waals surface area contributed by atoms with Crippen molar-refractivity contribution in [2.75, 3.05) is 0 Å². The Hall–Kier alpha value is -1.06. The smallest absolute Gasteiger partial charge is 0.315 e. The Bertz CT molecular complexity index is 223. The molecule has 12 heavy (non-hydrogen) atoms. The van der Waals surface area contributed by atoms with Gasteiger partial charge >= 0.3 is 6.03 Å². The minimum absolute atomic E-state index is 0.105. The molecule has 2 saturated heterocycles. The van der Waals surface area contributed by atoms with Gasteiger partial charge in [-0.25, -0.2) is 4.79 Å². The van der Waals surface area contributed by atoms with Crippen molar-refractivity contribution in [3.05, 3.63) is 0 Å². The number of hydrogen-bond acceptors (Lipinski definition) is 2. The number of carbonyl (C=O) groups is 2. The third-order valence-corrected chi connectivity index (χ3v) is 2.80. The second-order valence-corrected chi connectivity index (χ2v) is 3.58. The minimum Gasteiger partial charge on any atom is -0.351 e. The van der Waals surface area contributed by atoms with Crippen LogP contribution >= 0.6 is 0 Å². The highest BCUT2D eigenvalue weighted by molar-refractivity contribution is 5.84. The van der Waals surface area contributed by atoms with Gasteiger partial charge in [-0.15, -0.1) is 0 Å². The summed E-state index contributed by atoms with van der Waals surface area (Å²) in [6.07, 6.45) is 2.91. The molecule has 2 rings (SSSR count). The lowest BCUT2D eigenvalue weighted by atomic mass is 10.0. The first kappa shape index (κ1) is 7.58. The Morgan fingerprint density at radius 2 is 1.83 bits per heavy atom. The lowest BCUT2D eigenvalue weighted by Crippen LogP contribution is -2.49. The molecule has 2 aliphatic rings. The Morgan fingerprint density at radius 3 is 2.25 bits per heavy atom. The number of hydrogen-bond donors (Lipinski definition) is 1. The predicted octanol–water partition coefficient (Wildman–Crippen LogP) is 0.261. The zero-order valence-electron chi connectivity index (χ0n) is 6.82. The number of urea groups is 1. The van der Waals surface area contributed by atoms with Crippen molar-refractivity contribution in [2.24, 2.45) is 5.73 Å². The number of amides is 2. The molecule has 4 nitrogen and oxygen atoms in total. The number of nitrogens with zero attached hydrogens (tertiary/aromatic N) is 1. The zero-order chi connectivity index (χ0) is 8.72. The summed E-state index contributed by atoms with van der Waals surface area (Å²) in [4.78, 5) is 23.8. The average Bonchev–Trinajstić information content (AvgIpc) is 2.24. The van der Waals surface area contributed by atoms with E-state index in [-0.39, 0.29) is 23.9 Å². The Labute approximate surface area is 70.7 Å². The lowest BCUT2D eigenvalue weighted by molar-refractivity contribution is -0.122. The van der Waals surface area contributed by atoms with Crippen molar-refractivity contribution < 1.29 is 9.59 Å². The number of carbonyl (C=O) groups excluding carboxylic acids is 2. The standard InChI is InChI=1S/C8H12N2O2/c9-8(12)10-5-1-2-6(10)4-7(11)3-5/h5-6H,1-4H2,(H2,9,12). The molecule has 0 saturated carbocycles. The first-order valence-electron chi connectivity index (χ1n) is 4.28. The molecule has 2 N–H and O–H groups in total. The van der Waals surface area contributed by atoms with Gasteiger partial charge in [0.2, 0.25) is 0 Å². The fourth-order valence-corrected chi connectivity index (χ4v) is 2.33. The van der Waals surface area contributed by atoms with Crippen LogP contribution in [0.5, 0.6) is 0 Å². The first-order chi connectivity index (χ1) is 5.68. The van der Waals surface area contributed by atoms with Gasteiger partial charge in [-0.1, -0.05) is 0 Å². The summed E-state index contributed by atoms with van der Waals surface area (Å²) >= 11 is 0. The van der Waals surface area contributed by atoms with Crippen LogP contribution in [0, 0.1) is 0 Å². The fourth-order valence-electron chi connectivity index (χ4n) is 2.33. The largest absolute Gasteiger partial charge is 0.351 e. The van der Waals surface area contributed by atoms with Crippen LogP contribution in [0.4, 0.5) is 4.79 Å². The van der Waals surface area contributed by atoms with Gasteiger partial charge in [0.1, 0.15) is 5.78 Å². The molecule has 2 aliphatic heterocycles. The zero-order valence-corrected chi connectivity index (χ0v) is 6.82. The highest BCUT2D eigenvalue weighted by Gasteiger charge is 2.41. The molecular formula is C8H12N2O2. The molecule has 2 heterocycles. The summed E-state index contributed by atoms with van der Waals surface area (Å²) in [5.74, 6) is 0.278. The van der Waals surface area contributed by atoms with Gasteiger partial charge in [-0.05, 0) is 12.8 Å². The summed E-state index contributed by atoms with van der Waals surface area (Å²) < 4.78 is 0. The van der Waals surface area contributed by atoms with Crippen molar-refractivity contribution >= 4 is 11.8 Å². The molecule has 66 valence electrons. The minimum atomic E-state index is -0.366. The third kappa shape index (κ3) is 0.983. The van der Waals surface area contributed by atoms with E-state index >= 15 is 0 Å². The van der Waals surface area contributed by atoms with E-state index in [1.807, 2.05) is 0 Å². The first-order valence-corrected chi connectivity index (χ1v) is 4.28. The van der Waals surface area contributed by atoms with Crippen molar-refractivity contribution in [1.29, 1.82) is 0 Å². The third-order valence-electron chi connectivity index (χ3n) is 2.80. The average molecular weight is 168 g/mol. The topological polar surface area (TPSA) is 63.4 Å². The van der Waals surface area contributed by atoms with E-state index in [0.717, 1.165) is 12.8 Å². The lowest BCUT2D eigenvalue weighted by Gasteiger charge is -2.32. The number of fused-ring (bicyclic) bond motifs is 2. The van der Waals surface area contributed by atoms with E-state index in [0.29, 0.717) is 12.8 Å². The molecule has 2 bridgehead atoms. The number of rotatable bonds is 0. The van der Waals surface area contributed by atoms with Crippen LogP contribution in [-0.2, 0) is 4.79 Å². The Balaban J connectivity index is 2.19. The molecule has 2 unspecified atom stereocenters. The maximum Gasteiger partial charge on any atom is 0.315 e. The summed E-state index contributed by atoms with van der Waals surface area (Å²) in [6, 6.07) is -0.155. The summed E-state index contributed by atoms with van der Waals surface area (Å²) in [6.45, 7) is 0. The SMILES string of the molecule is NC(=O)N1C2CCC1CC(=O)C2. The normalized spacial score (nSPS) is 34.0. The molecule has 0 aliphatic carbocycles. The molecule has 2 fully saturated rings. The highest BCUT2D eigenvalue weighted by Crippen LogP contribution is 2.33. The molecule has 0 radical (unpaired) electrons. The summed E-state index contributed by atoms with van der Waals surface area (Å²) in [5.41, 5.74) is 5.21. The van der Waals surface area contributed by atoms with Crippen molar-refractivity contribution in [3.8, 4) is 0 Å². The number of piperidine rings is 1. The highest BCUT2D eigenvalue weighted by atomic mass is 16.2. The molecule has 0 aromatic rings. The molecule has 0 spiro atoms. The van der Waals surface area contributed by atoms with E-state index in [9.17, 15) is 9.59 Å². The van der Waals surface area contributed by atoms with E-state index in [1.165, 1.54) is 0 Å². The molecular weight excluding hydrogens is 156 g/mol. The van der Waals surface area contributed by atoms with Gasteiger partial charge in [0.25, 0.3) is 0 Å². The predicted molar refractivity (Wildman–Crippen MR) is 42.5 cm³/mol. The van der Waals surface area contributed by atoms with Crippen LogP contribution in [0.1, 0.15) is 25.7 Å². The van der Waals surface area contributed by atoms with Crippen molar-refractivity contribution in [1.82, 2.24) is 4.90 Å². The maximum absolute atomic E-state index is 11.1. The van der Waals surface area contributed by atoms with Gasteiger partial charge in [0, 0.05) is 24.9 Å². The summed E-state index contributed by atoms with van der Waals surface area (Å²) in [7, 11) is 0. The van der Waals surface area contributed by atoms with Gasteiger partial charge < -0.3 is 10.6 Å². The van der Waals surface area contributed by atoms with Crippen LogP contribution in [-0.4, -0.2) is 28.8 Å². The summed E-state index contributed by atoms with van der Waals surface area (Å²) in [5, 5.41) is 0.